The van der Waals surface area contributed by atoms with Gasteiger partial charge in [0.2, 0.25) is 11.8 Å². The molecule has 2 aromatic rings. The summed E-state index contributed by atoms with van der Waals surface area (Å²) >= 11 is 0. The van der Waals surface area contributed by atoms with E-state index in [1.165, 1.54) is 0 Å². The molecule has 0 bridgehead atoms. The van der Waals surface area contributed by atoms with Gasteiger partial charge in [-0.15, -0.1) is 0 Å². The van der Waals surface area contributed by atoms with Crippen molar-refractivity contribution in [2.75, 3.05) is 10.6 Å². The number of anilines is 2. The molecule has 0 atom stereocenters. The lowest BCUT2D eigenvalue weighted by atomic mass is 10.1. The molecular weight excluding hydrogens is 364 g/mol. The second-order valence-electron chi connectivity index (χ2n) is 6.25. The fraction of sp³-hybridized carbons (Fsp3) is 0.300. The van der Waals surface area contributed by atoms with Gasteiger partial charge in [-0.05, 0) is 37.8 Å². The Morgan fingerprint density at radius 2 is 1.04 bits per heavy atom. The summed E-state index contributed by atoms with van der Waals surface area (Å²) in [6.07, 6.45) is 0.116. The number of carboxylic acids is 2. The van der Waals surface area contributed by atoms with Crippen LogP contribution in [-0.4, -0.2) is 23.8 Å². The average Bonchev–Trinajstić information content (AvgIpc) is 2.62. The highest BCUT2D eigenvalue weighted by molar-refractivity contribution is 6.09. The van der Waals surface area contributed by atoms with Gasteiger partial charge in [0.05, 0.1) is 0 Å². The minimum Gasteiger partial charge on any atom is -0.550 e. The highest BCUT2D eigenvalue weighted by Crippen LogP contribution is 2.29. The van der Waals surface area contributed by atoms with Crippen molar-refractivity contribution < 1.29 is 29.4 Å². The summed E-state index contributed by atoms with van der Waals surface area (Å²) in [5.41, 5.74) is 1.09. The van der Waals surface area contributed by atoms with Crippen LogP contribution in [0.4, 0.5) is 11.4 Å². The van der Waals surface area contributed by atoms with Gasteiger partial charge in [-0.3, -0.25) is 9.59 Å². The first-order valence-corrected chi connectivity index (χ1v) is 8.88. The van der Waals surface area contributed by atoms with Gasteiger partial charge in [-0.25, -0.2) is 0 Å². The number of fused-ring (bicyclic) bond motifs is 1. The molecule has 0 unspecified atom stereocenters. The molecule has 0 fully saturated rings. The Balaban J connectivity index is 2.09. The van der Waals surface area contributed by atoms with Crippen LogP contribution in [0.1, 0.15) is 38.5 Å². The van der Waals surface area contributed by atoms with Crippen LogP contribution in [0.2, 0.25) is 0 Å². The predicted molar refractivity (Wildman–Crippen MR) is 98.9 cm³/mol. The monoisotopic (exact) mass is 384 g/mol. The number of rotatable bonds is 10. The maximum Gasteiger partial charge on any atom is 0.224 e. The van der Waals surface area contributed by atoms with Crippen LogP contribution >= 0.6 is 0 Å². The van der Waals surface area contributed by atoms with E-state index >= 15 is 0 Å². The third-order valence-corrected chi connectivity index (χ3v) is 4.04. The van der Waals surface area contributed by atoms with Crippen molar-refractivity contribution in [3.63, 3.8) is 0 Å². The van der Waals surface area contributed by atoms with Crippen LogP contribution in [0.25, 0.3) is 10.8 Å². The molecule has 0 saturated heterocycles. The van der Waals surface area contributed by atoms with E-state index in [1.807, 2.05) is 0 Å². The zero-order valence-electron chi connectivity index (χ0n) is 15.2. The van der Waals surface area contributed by atoms with Gasteiger partial charge in [0.25, 0.3) is 0 Å². The first kappa shape index (κ1) is 20.9. The van der Waals surface area contributed by atoms with Gasteiger partial charge in [-0.2, -0.15) is 0 Å². The van der Waals surface area contributed by atoms with Crippen molar-refractivity contribution in [3.8, 4) is 0 Å². The summed E-state index contributed by atoms with van der Waals surface area (Å²) in [4.78, 5) is 44.9. The summed E-state index contributed by atoms with van der Waals surface area (Å²) in [5.74, 6) is -3.02. The topological polar surface area (TPSA) is 138 Å². The number of nitrogens with one attached hydrogen (secondary N) is 2. The van der Waals surface area contributed by atoms with Gasteiger partial charge < -0.3 is 30.4 Å². The molecule has 8 heteroatoms. The van der Waals surface area contributed by atoms with Crippen LogP contribution in [-0.2, 0) is 19.2 Å². The lowest BCUT2D eigenvalue weighted by Crippen LogP contribution is -2.22. The number of amides is 2. The second kappa shape index (κ2) is 10.1. The Bertz CT molecular complexity index is 820. The number of hydrogen-bond acceptors (Lipinski definition) is 6. The molecule has 0 radical (unpaired) electrons. The van der Waals surface area contributed by atoms with E-state index in [4.69, 9.17) is 0 Å². The Labute approximate surface area is 161 Å². The molecule has 0 saturated carbocycles. The third kappa shape index (κ3) is 6.39. The molecule has 2 N–H and O–H groups in total. The standard InChI is InChI=1S/C20H22N2O6/c23-17(9-3-11-19(25)26)21-15-7-1-5-13-14(15)6-2-8-16(13)22-18(24)10-4-12-20(27)28/h1-2,5-8H,3-4,9-12H2,(H,21,23)(H,22,24)(H,25,26)(H,27,28)/p-2. The zero-order chi connectivity index (χ0) is 20.5. The molecule has 0 spiro atoms. The largest absolute Gasteiger partial charge is 0.550 e. The van der Waals surface area contributed by atoms with Crippen molar-refractivity contribution >= 4 is 45.9 Å². The van der Waals surface area contributed by atoms with Crippen LogP contribution in [0.15, 0.2) is 36.4 Å². The van der Waals surface area contributed by atoms with Gasteiger partial charge >= 0.3 is 0 Å². The van der Waals surface area contributed by atoms with E-state index in [0.717, 1.165) is 0 Å². The number of carbonyl (C=O) groups is 4. The van der Waals surface area contributed by atoms with E-state index in [9.17, 15) is 29.4 Å². The van der Waals surface area contributed by atoms with Gasteiger partial charge in [0.1, 0.15) is 0 Å². The van der Waals surface area contributed by atoms with Crippen molar-refractivity contribution in [3.05, 3.63) is 36.4 Å². The van der Waals surface area contributed by atoms with Crippen molar-refractivity contribution in [1.82, 2.24) is 0 Å². The summed E-state index contributed by atoms with van der Waals surface area (Å²) in [6, 6.07) is 10.5. The second-order valence-corrected chi connectivity index (χ2v) is 6.25. The number of carboxylic acid groups (broad SMARTS) is 2. The van der Waals surface area contributed by atoms with E-state index in [0.29, 0.717) is 22.1 Å². The highest BCUT2D eigenvalue weighted by atomic mass is 16.4. The van der Waals surface area contributed by atoms with Crippen molar-refractivity contribution in [2.24, 2.45) is 0 Å². The minimum absolute atomic E-state index is 0.0548. The molecular formula is C20H20N2O6-2. The molecule has 2 rings (SSSR count). The fourth-order valence-corrected chi connectivity index (χ4v) is 2.74. The molecule has 0 heterocycles. The maximum atomic E-state index is 12.0. The minimum atomic E-state index is -1.20. The quantitative estimate of drug-likeness (QED) is 0.614. The van der Waals surface area contributed by atoms with Crippen LogP contribution in [0, 0.1) is 0 Å². The SMILES string of the molecule is O=C([O-])CCCC(=O)Nc1cccc2c(NC(=O)CCCC(=O)[O-])cccc12. The number of carbonyl (C=O) groups excluding carboxylic acids is 4. The summed E-state index contributed by atoms with van der Waals surface area (Å²) < 4.78 is 0. The lowest BCUT2D eigenvalue weighted by molar-refractivity contribution is -0.307. The van der Waals surface area contributed by atoms with Crippen LogP contribution in [0.5, 0.6) is 0 Å². The molecule has 0 aliphatic rings. The third-order valence-electron chi connectivity index (χ3n) is 4.04. The van der Waals surface area contributed by atoms with Crippen LogP contribution in [0.3, 0.4) is 0 Å². The molecule has 2 aromatic carbocycles. The number of hydrogen-bond donors (Lipinski definition) is 2. The zero-order valence-corrected chi connectivity index (χ0v) is 15.2. The summed E-state index contributed by atoms with van der Waals surface area (Å²) in [5, 5.41) is 27.8. The van der Waals surface area contributed by atoms with E-state index in [1.54, 1.807) is 36.4 Å². The van der Waals surface area contributed by atoms with Gasteiger partial charge in [-0.1, -0.05) is 24.3 Å². The van der Waals surface area contributed by atoms with E-state index in [2.05, 4.69) is 10.6 Å². The fourth-order valence-electron chi connectivity index (χ4n) is 2.74. The molecule has 28 heavy (non-hydrogen) atoms. The Kier molecular flexibility index (Phi) is 7.50. The molecule has 2 amide bonds. The number of aliphatic carboxylic acids is 2. The van der Waals surface area contributed by atoms with Crippen molar-refractivity contribution in [2.45, 2.75) is 38.5 Å². The Morgan fingerprint density at radius 3 is 1.39 bits per heavy atom. The highest BCUT2D eigenvalue weighted by Gasteiger charge is 2.10. The molecule has 148 valence electrons. The molecule has 0 aliphatic heterocycles. The smallest absolute Gasteiger partial charge is 0.224 e. The first-order chi connectivity index (χ1) is 13.4. The molecule has 0 aliphatic carbocycles. The molecule has 0 aromatic heterocycles. The van der Waals surface area contributed by atoms with E-state index in [-0.39, 0.29) is 50.3 Å². The normalized spacial score (nSPS) is 10.4. The number of benzene rings is 2. The summed E-state index contributed by atoms with van der Waals surface area (Å²) in [6.45, 7) is 0. The molecule has 8 nitrogen and oxygen atoms in total. The van der Waals surface area contributed by atoms with Gasteiger partial charge in [0.15, 0.2) is 0 Å². The maximum absolute atomic E-state index is 12.0. The van der Waals surface area contributed by atoms with Crippen molar-refractivity contribution in [1.29, 1.82) is 0 Å². The first-order valence-electron chi connectivity index (χ1n) is 8.88. The van der Waals surface area contributed by atoms with Gasteiger partial charge in [0, 0.05) is 46.9 Å². The summed E-state index contributed by atoms with van der Waals surface area (Å²) in [7, 11) is 0. The Morgan fingerprint density at radius 1 is 0.643 bits per heavy atom. The predicted octanol–water partition coefficient (Wildman–Crippen LogP) is 0.557. The Hall–Kier alpha value is -3.42. The van der Waals surface area contributed by atoms with Crippen LogP contribution < -0.4 is 20.8 Å². The lowest BCUT2D eigenvalue weighted by Gasteiger charge is -2.13. The average molecular weight is 384 g/mol. The van der Waals surface area contributed by atoms with E-state index < -0.39 is 11.9 Å².